The summed E-state index contributed by atoms with van der Waals surface area (Å²) in [6.45, 7) is 0. The summed E-state index contributed by atoms with van der Waals surface area (Å²) in [5.74, 6) is -0.794. The zero-order chi connectivity index (χ0) is 7.56. The molecule has 1 saturated heterocycles. The summed E-state index contributed by atoms with van der Waals surface area (Å²) in [7, 11) is -0.461. The molecule has 1 aliphatic rings. The molecule has 10 heavy (non-hydrogen) atoms. The molecule has 5 heteroatoms. The molecule has 0 spiro atoms. The minimum atomic E-state index is -1.80. The fraction of sp³-hybridized carbons (Fsp3) is 0.800. The van der Waals surface area contributed by atoms with E-state index in [-0.39, 0.29) is 5.97 Å². The van der Waals surface area contributed by atoms with Gasteiger partial charge in [0.05, 0.1) is 13.5 Å². The first-order valence-corrected chi connectivity index (χ1v) is 4.18. The van der Waals surface area contributed by atoms with E-state index in [1.54, 1.807) is 0 Å². The van der Waals surface area contributed by atoms with Crippen molar-refractivity contribution in [2.24, 2.45) is 0 Å². The Bertz CT molecular complexity index is 167. The van der Waals surface area contributed by atoms with Crippen LogP contribution in [0.3, 0.4) is 0 Å². The summed E-state index contributed by atoms with van der Waals surface area (Å²) < 4.78 is 20.0. The third kappa shape index (κ3) is 1.52. The Morgan fingerprint density at radius 1 is 1.80 bits per heavy atom. The highest BCUT2D eigenvalue weighted by molar-refractivity contribution is 7.39. The number of carbonyl (C=O) groups is 1. The number of hydrogen-bond donors (Lipinski definition) is 0. The lowest BCUT2D eigenvalue weighted by Gasteiger charge is -1.91. The smallest absolute Gasteiger partial charge is 0.413 e. The van der Waals surface area contributed by atoms with Crippen molar-refractivity contribution in [3.63, 3.8) is 0 Å². The van der Waals surface area contributed by atoms with Gasteiger partial charge in [0.1, 0.15) is 0 Å². The molecule has 1 rings (SSSR count). The fourth-order valence-electron chi connectivity index (χ4n) is 0.777. The molecule has 0 saturated carbocycles. The van der Waals surface area contributed by atoms with E-state index in [0.717, 1.165) is 0 Å². The molecule has 0 bridgehead atoms. The third-order valence-electron chi connectivity index (χ3n) is 1.28. The predicted molar refractivity (Wildman–Crippen MR) is 33.7 cm³/mol. The average Bonchev–Trinajstić information content (AvgIpc) is 2.34. The Hall–Kier alpha value is -0.470. The summed E-state index contributed by atoms with van der Waals surface area (Å²) in [6, 6.07) is 0. The summed E-state index contributed by atoms with van der Waals surface area (Å²) in [4.78, 5) is 10.5. The lowest BCUT2D eigenvalue weighted by molar-refractivity contribution is -0.139. The third-order valence-corrected chi connectivity index (χ3v) is 2.47. The van der Waals surface area contributed by atoms with E-state index in [1.807, 2.05) is 0 Å². The van der Waals surface area contributed by atoms with Crippen molar-refractivity contribution < 1.29 is 18.6 Å². The van der Waals surface area contributed by atoms with Crippen LogP contribution in [0, 0.1) is 0 Å². The molecule has 0 aromatic carbocycles. The topological polar surface area (TPSA) is 52.6 Å². The van der Waals surface area contributed by atoms with Crippen LogP contribution in [0.25, 0.3) is 0 Å². The van der Waals surface area contributed by atoms with Gasteiger partial charge in [0, 0.05) is 6.42 Å². The Labute approximate surface area is 59.4 Å². The van der Waals surface area contributed by atoms with E-state index < -0.39 is 13.9 Å². The van der Waals surface area contributed by atoms with Crippen LogP contribution in [0.4, 0.5) is 0 Å². The van der Waals surface area contributed by atoms with Gasteiger partial charge in [-0.2, -0.15) is 0 Å². The van der Waals surface area contributed by atoms with Gasteiger partial charge in [0.15, 0.2) is 0 Å². The predicted octanol–water partition coefficient (Wildman–Crippen LogP) is 1.04. The van der Waals surface area contributed by atoms with Crippen molar-refractivity contribution >= 4 is 14.0 Å². The number of ether oxygens (including phenoxy) is 1. The summed E-state index contributed by atoms with van der Waals surface area (Å²) in [6.07, 6.45) is 0.872. The molecule has 1 heterocycles. The van der Waals surface area contributed by atoms with Crippen LogP contribution in [0.1, 0.15) is 12.8 Å². The van der Waals surface area contributed by atoms with Crippen LogP contribution in [0.5, 0.6) is 0 Å². The maximum atomic E-state index is 10.8. The van der Waals surface area contributed by atoms with Crippen molar-refractivity contribution in [1.29, 1.82) is 0 Å². The van der Waals surface area contributed by atoms with Gasteiger partial charge in [-0.05, 0) is 4.57 Å². The van der Waals surface area contributed by atoms with Crippen LogP contribution in [-0.4, -0.2) is 18.9 Å². The Balaban J connectivity index is 2.44. The van der Waals surface area contributed by atoms with Crippen molar-refractivity contribution in [3.8, 4) is 0 Å². The Kier molecular flexibility index (Phi) is 2.35. The molecular formula is C5H8O4P+. The first-order valence-electron chi connectivity index (χ1n) is 2.94. The number of hydrogen-bond acceptors (Lipinski definition) is 4. The SMILES string of the molecule is CO[P+](=O)C1CCC(=O)O1. The van der Waals surface area contributed by atoms with Crippen LogP contribution in [0.2, 0.25) is 0 Å². The molecule has 2 atom stereocenters. The second-order valence-electron chi connectivity index (χ2n) is 1.95. The van der Waals surface area contributed by atoms with E-state index >= 15 is 0 Å². The van der Waals surface area contributed by atoms with Gasteiger partial charge in [-0.25, -0.2) is 0 Å². The van der Waals surface area contributed by atoms with E-state index in [4.69, 9.17) is 0 Å². The molecular weight excluding hydrogens is 155 g/mol. The molecule has 1 aliphatic heterocycles. The first-order chi connectivity index (χ1) is 4.74. The van der Waals surface area contributed by atoms with Crippen molar-refractivity contribution in [2.45, 2.75) is 18.7 Å². The van der Waals surface area contributed by atoms with Gasteiger partial charge in [-0.3, -0.25) is 4.79 Å². The highest BCUT2D eigenvalue weighted by atomic mass is 31.1. The molecule has 0 radical (unpaired) electrons. The summed E-state index contributed by atoms with van der Waals surface area (Å²) in [5, 5.41) is 0. The largest absolute Gasteiger partial charge is 0.553 e. The molecule has 4 nitrogen and oxygen atoms in total. The second kappa shape index (κ2) is 3.08. The Morgan fingerprint density at radius 2 is 2.50 bits per heavy atom. The van der Waals surface area contributed by atoms with E-state index in [2.05, 4.69) is 9.26 Å². The van der Waals surface area contributed by atoms with Gasteiger partial charge in [0.25, 0.3) is 0 Å². The molecule has 0 aromatic heterocycles. The zero-order valence-electron chi connectivity index (χ0n) is 5.57. The fourth-order valence-corrected chi connectivity index (χ4v) is 1.56. The van der Waals surface area contributed by atoms with Crippen molar-refractivity contribution in [1.82, 2.24) is 0 Å². The maximum Gasteiger partial charge on any atom is 0.553 e. The lowest BCUT2D eigenvalue weighted by Crippen LogP contribution is -2.01. The monoisotopic (exact) mass is 163 g/mol. The molecule has 0 N–H and O–H groups in total. The molecule has 56 valence electrons. The quantitative estimate of drug-likeness (QED) is 0.450. The van der Waals surface area contributed by atoms with E-state index in [1.165, 1.54) is 7.11 Å². The Morgan fingerprint density at radius 3 is 2.90 bits per heavy atom. The molecule has 0 aromatic rings. The maximum absolute atomic E-state index is 10.8. The van der Waals surface area contributed by atoms with Crippen LogP contribution < -0.4 is 0 Å². The molecule has 2 unspecified atom stereocenters. The van der Waals surface area contributed by atoms with Gasteiger partial charge < -0.3 is 4.74 Å². The number of cyclic esters (lactones) is 1. The number of rotatable bonds is 2. The number of esters is 1. The molecule has 1 fully saturated rings. The van der Waals surface area contributed by atoms with Crippen molar-refractivity contribution in [3.05, 3.63) is 0 Å². The molecule has 0 aliphatic carbocycles. The van der Waals surface area contributed by atoms with Gasteiger partial charge >= 0.3 is 19.8 Å². The van der Waals surface area contributed by atoms with Gasteiger partial charge in [-0.15, -0.1) is 4.52 Å². The lowest BCUT2D eigenvalue weighted by atomic mass is 10.4. The number of carbonyl (C=O) groups excluding carboxylic acids is 1. The minimum absolute atomic E-state index is 0.287. The standard InChI is InChI=1S/C5H8O4P/c1-8-10(7)5-3-2-4(6)9-5/h5H,2-3H2,1H3/q+1. The zero-order valence-corrected chi connectivity index (χ0v) is 6.47. The summed E-state index contributed by atoms with van der Waals surface area (Å²) >= 11 is 0. The van der Waals surface area contributed by atoms with Crippen molar-refractivity contribution in [2.75, 3.05) is 7.11 Å². The summed E-state index contributed by atoms with van der Waals surface area (Å²) in [5.41, 5.74) is 0. The highest BCUT2D eigenvalue weighted by Gasteiger charge is 2.40. The first kappa shape index (κ1) is 7.63. The second-order valence-corrected chi connectivity index (χ2v) is 3.46. The minimum Gasteiger partial charge on any atom is -0.413 e. The van der Waals surface area contributed by atoms with Gasteiger partial charge in [-0.1, -0.05) is 0 Å². The van der Waals surface area contributed by atoms with E-state index in [9.17, 15) is 9.36 Å². The highest BCUT2D eigenvalue weighted by Crippen LogP contribution is 2.36. The normalized spacial score (nSPS) is 26.3. The van der Waals surface area contributed by atoms with Crippen LogP contribution in [-0.2, 0) is 18.6 Å². The average molecular weight is 163 g/mol. The molecule has 0 amide bonds. The van der Waals surface area contributed by atoms with Crippen LogP contribution in [0.15, 0.2) is 0 Å². The van der Waals surface area contributed by atoms with E-state index in [0.29, 0.717) is 12.8 Å². The van der Waals surface area contributed by atoms with Gasteiger partial charge in [0.2, 0.25) is 0 Å². The van der Waals surface area contributed by atoms with Crippen LogP contribution >= 0.6 is 8.03 Å².